The number of aromatic nitrogens is 2. The van der Waals surface area contributed by atoms with Gasteiger partial charge in [-0.1, -0.05) is 17.8 Å². The van der Waals surface area contributed by atoms with E-state index < -0.39 is 11.6 Å². The molecule has 3 rings (SSSR count). The molecule has 4 nitrogen and oxygen atoms in total. The maximum atomic E-state index is 13.9. The molecule has 0 spiro atoms. The average Bonchev–Trinajstić information content (AvgIpc) is 3.36. The molecule has 0 atom stereocenters. The van der Waals surface area contributed by atoms with Gasteiger partial charge in [0.05, 0.1) is 5.75 Å². The molecule has 1 aromatic carbocycles. The third-order valence-corrected chi connectivity index (χ3v) is 4.78. The number of aryl methyl sites for hydroxylation is 2. The molecule has 0 bridgehead atoms. The summed E-state index contributed by atoms with van der Waals surface area (Å²) in [5.74, 6) is -1.13. The summed E-state index contributed by atoms with van der Waals surface area (Å²) in [6, 6.07) is 5.47. The van der Waals surface area contributed by atoms with Crippen LogP contribution in [0.15, 0.2) is 29.4 Å². The summed E-state index contributed by atoms with van der Waals surface area (Å²) in [5.41, 5.74) is 2.04. The van der Waals surface area contributed by atoms with Gasteiger partial charge >= 0.3 is 0 Å². The summed E-state index contributed by atoms with van der Waals surface area (Å²) >= 11 is 1.28. The Morgan fingerprint density at radius 1 is 1.20 bits per heavy atom. The summed E-state index contributed by atoms with van der Waals surface area (Å²) in [6.07, 6.45) is 1.83. The van der Waals surface area contributed by atoms with Gasteiger partial charge in [0.1, 0.15) is 11.6 Å². The molecule has 25 heavy (non-hydrogen) atoms. The van der Waals surface area contributed by atoms with E-state index in [0.717, 1.165) is 30.3 Å². The van der Waals surface area contributed by atoms with Crippen LogP contribution in [0.3, 0.4) is 0 Å². The molecule has 0 N–H and O–H groups in total. The van der Waals surface area contributed by atoms with E-state index in [2.05, 4.69) is 9.97 Å². The van der Waals surface area contributed by atoms with Crippen LogP contribution in [-0.2, 0) is 11.3 Å². The fourth-order valence-corrected chi connectivity index (χ4v) is 3.44. The maximum absolute atomic E-state index is 13.9. The molecule has 1 heterocycles. The summed E-state index contributed by atoms with van der Waals surface area (Å²) in [7, 11) is 0. The number of carbonyl (C=O) groups is 1. The normalized spacial score (nSPS) is 13.8. The lowest BCUT2D eigenvalue weighted by molar-refractivity contribution is -0.129. The lowest BCUT2D eigenvalue weighted by Crippen LogP contribution is -2.34. The fraction of sp³-hybridized carbons (Fsp3) is 0.389. The van der Waals surface area contributed by atoms with Crippen molar-refractivity contribution in [1.29, 1.82) is 0 Å². The molecule has 132 valence electrons. The van der Waals surface area contributed by atoms with Crippen molar-refractivity contribution >= 4 is 17.7 Å². The highest BCUT2D eigenvalue weighted by Gasteiger charge is 2.33. The van der Waals surface area contributed by atoms with Crippen LogP contribution in [-0.4, -0.2) is 32.6 Å². The minimum Gasteiger partial charge on any atom is -0.335 e. The molecular weight excluding hydrogens is 344 g/mol. The van der Waals surface area contributed by atoms with Gasteiger partial charge in [0.25, 0.3) is 0 Å². The second kappa shape index (κ2) is 7.47. The molecule has 1 saturated carbocycles. The highest BCUT2D eigenvalue weighted by atomic mass is 32.2. The van der Waals surface area contributed by atoms with Crippen molar-refractivity contribution in [2.45, 2.75) is 44.4 Å². The molecule has 1 aliphatic carbocycles. The van der Waals surface area contributed by atoms with Gasteiger partial charge in [-0.3, -0.25) is 4.79 Å². The van der Waals surface area contributed by atoms with E-state index >= 15 is 0 Å². The Bertz CT molecular complexity index is 776. The maximum Gasteiger partial charge on any atom is 0.233 e. The van der Waals surface area contributed by atoms with Crippen molar-refractivity contribution in [3.8, 4) is 0 Å². The minimum atomic E-state index is -0.622. The predicted molar refractivity (Wildman–Crippen MR) is 92.2 cm³/mol. The number of benzene rings is 1. The van der Waals surface area contributed by atoms with E-state index in [1.54, 1.807) is 4.90 Å². The van der Waals surface area contributed by atoms with E-state index in [0.29, 0.717) is 10.7 Å². The molecule has 0 radical (unpaired) electrons. The van der Waals surface area contributed by atoms with Crippen LogP contribution in [0.5, 0.6) is 0 Å². The van der Waals surface area contributed by atoms with Crippen LogP contribution in [0, 0.1) is 25.5 Å². The van der Waals surface area contributed by atoms with Crippen molar-refractivity contribution in [3.05, 3.63) is 52.9 Å². The van der Waals surface area contributed by atoms with Gasteiger partial charge in [0.2, 0.25) is 5.91 Å². The number of amides is 1. The van der Waals surface area contributed by atoms with Crippen molar-refractivity contribution in [1.82, 2.24) is 14.9 Å². The smallest absolute Gasteiger partial charge is 0.233 e. The average molecular weight is 363 g/mol. The van der Waals surface area contributed by atoms with Gasteiger partial charge in [0, 0.05) is 35.6 Å². The zero-order valence-corrected chi connectivity index (χ0v) is 14.9. The van der Waals surface area contributed by atoms with Gasteiger partial charge in [-0.05, 0) is 38.8 Å². The van der Waals surface area contributed by atoms with E-state index in [4.69, 9.17) is 0 Å². The van der Waals surface area contributed by atoms with Crippen LogP contribution in [0.4, 0.5) is 8.78 Å². The van der Waals surface area contributed by atoms with Crippen molar-refractivity contribution in [2.24, 2.45) is 0 Å². The minimum absolute atomic E-state index is 0.0843. The standard InChI is InChI=1S/C18H19F2N3OS/c1-11-7-12(2)22-18(21-11)25-10-17(24)23(15-5-6-15)9-13-3-4-14(19)8-16(13)20/h3-4,7-8,15H,5-6,9-10H2,1-2H3. The number of halogens is 2. The highest BCUT2D eigenvalue weighted by Crippen LogP contribution is 2.30. The van der Waals surface area contributed by atoms with Gasteiger partial charge in [-0.15, -0.1) is 0 Å². The first-order valence-corrected chi connectivity index (χ1v) is 9.09. The quantitative estimate of drug-likeness (QED) is 0.580. The Morgan fingerprint density at radius 2 is 1.88 bits per heavy atom. The van der Waals surface area contributed by atoms with Crippen molar-refractivity contribution in [3.63, 3.8) is 0 Å². The molecule has 1 aliphatic rings. The summed E-state index contributed by atoms with van der Waals surface area (Å²) in [6.45, 7) is 3.92. The van der Waals surface area contributed by atoms with Gasteiger partial charge in [-0.25, -0.2) is 18.7 Å². The molecular formula is C18H19F2N3OS. The number of nitrogens with zero attached hydrogens (tertiary/aromatic N) is 3. The second-order valence-electron chi connectivity index (χ2n) is 6.21. The number of rotatable bonds is 6. The number of carbonyl (C=O) groups excluding carboxylic acids is 1. The Morgan fingerprint density at radius 3 is 2.48 bits per heavy atom. The molecule has 1 aromatic heterocycles. The first-order valence-electron chi connectivity index (χ1n) is 8.11. The SMILES string of the molecule is Cc1cc(C)nc(SCC(=O)N(Cc2ccc(F)cc2F)C2CC2)n1. The van der Waals surface area contributed by atoms with Crippen LogP contribution in [0.25, 0.3) is 0 Å². The Hall–Kier alpha value is -2.02. The molecule has 1 fully saturated rings. The van der Waals surface area contributed by atoms with Crippen LogP contribution in [0.2, 0.25) is 0 Å². The third kappa shape index (κ3) is 4.75. The third-order valence-electron chi connectivity index (χ3n) is 3.95. The van der Waals surface area contributed by atoms with Gasteiger partial charge in [-0.2, -0.15) is 0 Å². The fourth-order valence-electron chi connectivity index (χ4n) is 2.61. The zero-order valence-electron chi connectivity index (χ0n) is 14.1. The molecule has 0 aliphatic heterocycles. The summed E-state index contributed by atoms with van der Waals surface area (Å²) in [5, 5.41) is 0.564. The molecule has 1 amide bonds. The van der Waals surface area contributed by atoms with Crippen LogP contribution in [0.1, 0.15) is 29.8 Å². The lowest BCUT2D eigenvalue weighted by Gasteiger charge is -2.22. The number of thioether (sulfide) groups is 1. The van der Waals surface area contributed by atoms with Crippen LogP contribution < -0.4 is 0 Å². The van der Waals surface area contributed by atoms with E-state index in [9.17, 15) is 13.6 Å². The first kappa shape index (κ1) is 17.8. The van der Waals surface area contributed by atoms with E-state index in [1.165, 1.54) is 23.9 Å². The zero-order chi connectivity index (χ0) is 18.0. The highest BCUT2D eigenvalue weighted by molar-refractivity contribution is 7.99. The van der Waals surface area contributed by atoms with Gasteiger partial charge in [0.15, 0.2) is 5.16 Å². The summed E-state index contributed by atoms with van der Waals surface area (Å²) < 4.78 is 26.9. The Balaban J connectivity index is 1.67. The first-order chi connectivity index (χ1) is 11.9. The Labute approximate surface area is 149 Å². The topological polar surface area (TPSA) is 46.1 Å². The molecule has 0 unspecified atom stereocenters. The number of hydrogen-bond acceptors (Lipinski definition) is 4. The number of hydrogen-bond donors (Lipinski definition) is 0. The largest absolute Gasteiger partial charge is 0.335 e. The molecule has 7 heteroatoms. The van der Waals surface area contributed by atoms with Crippen molar-refractivity contribution in [2.75, 3.05) is 5.75 Å². The van der Waals surface area contributed by atoms with E-state index in [1.807, 2.05) is 19.9 Å². The van der Waals surface area contributed by atoms with Crippen LogP contribution >= 0.6 is 11.8 Å². The Kier molecular flexibility index (Phi) is 5.32. The van der Waals surface area contributed by atoms with Gasteiger partial charge < -0.3 is 4.90 Å². The monoisotopic (exact) mass is 363 g/mol. The molecule has 2 aromatic rings. The van der Waals surface area contributed by atoms with Crippen molar-refractivity contribution < 1.29 is 13.6 Å². The predicted octanol–water partition coefficient (Wildman–Crippen LogP) is 3.65. The lowest BCUT2D eigenvalue weighted by atomic mass is 10.2. The second-order valence-corrected chi connectivity index (χ2v) is 7.15. The summed E-state index contributed by atoms with van der Waals surface area (Å²) in [4.78, 5) is 22.9. The molecule has 0 saturated heterocycles. The van der Waals surface area contributed by atoms with E-state index in [-0.39, 0.29) is 24.2 Å².